The number of thioether (sulfide) groups is 1. The fourth-order valence-corrected chi connectivity index (χ4v) is 3.19. The van der Waals surface area contributed by atoms with Crippen molar-refractivity contribution in [1.82, 2.24) is 10.5 Å². The smallest absolute Gasteiger partial charge is 0.137 e. The third kappa shape index (κ3) is 3.64. The molecule has 0 saturated carbocycles. The van der Waals surface area contributed by atoms with Gasteiger partial charge in [0.15, 0.2) is 0 Å². The molecule has 1 N–H and O–H groups in total. The van der Waals surface area contributed by atoms with Gasteiger partial charge in [0, 0.05) is 22.3 Å². The summed E-state index contributed by atoms with van der Waals surface area (Å²) < 4.78 is 5.19. The zero-order valence-electron chi connectivity index (χ0n) is 12.6. The van der Waals surface area contributed by atoms with E-state index in [1.807, 2.05) is 25.6 Å². The third-order valence-corrected chi connectivity index (χ3v) is 4.49. The molecule has 3 nitrogen and oxygen atoms in total. The molecule has 4 heteroatoms. The van der Waals surface area contributed by atoms with E-state index in [0.717, 1.165) is 23.8 Å². The normalized spacial score (nSPS) is 12.6. The number of nitrogens with zero attached hydrogens (tertiary/aromatic N) is 1. The van der Waals surface area contributed by atoms with Crippen LogP contribution in [0.25, 0.3) is 0 Å². The predicted octanol–water partition coefficient (Wildman–Crippen LogP) is 4.25. The summed E-state index contributed by atoms with van der Waals surface area (Å²) in [6.07, 6.45) is 0. The first-order valence-corrected chi connectivity index (χ1v) is 7.98. The van der Waals surface area contributed by atoms with Crippen molar-refractivity contribution in [2.24, 2.45) is 0 Å². The molecule has 0 aliphatic rings. The van der Waals surface area contributed by atoms with E-state index >= 15 is 0 Å². The van der Waals surface area contributed by atoms with E-state index in [9.17, 15) is 0 Å². The fraction of sp³-hybridized carbons (Fsp3) is 0.438. The average Bonchev–Trinajstić information content (AvgIpc) is 2.77. The van der Waals surface area contributed by atoms with Gasteiger partial charge in [-0.15, -0.1) is 11.8 Å². The Hall–Kier alpha value is -1.26. The molecule has 2 aromatic rings. The maximum Gasteiger partial charge on any atom is 0.137 e. The molecule has 1 atom stereocenters. The summed E-state index contributed by atoms with van der Waals surface area (Å²) in [5, 5.41) is 7.41. The number of aryl methyl sites for hydroxylation is 2. The topological polar surface area (TPSA) is 38.1 Å². The van der Waals surface area contributed by atoms with Crippen molar-refractivity contribution in [3.05, 3.63) is 46.8 Å². The number of nitrogens with one attached hydrogen (secondary N) is 1. The van der Waals surface area contributed by atoms with Crippen LogP contribution in [0.1, 0.15) is 42.5 Å². The fourth-order valence-electron chi connectivity index (χ4n) is 2.14. The first kappa shape index (κ1) is 15.1. The Morgan fingerprint density at radius 1 is 1.25 bits per heavy atom. The van der Waals surface area contributed by atoms with Crippen molar-refractivity contribution >= 4 is 11.8 Å². The summed E-state index contributed by atoms with van der Waals surface area (Å²) in [5.74, 6) is 1.83. The van der Waals surface area contributed by atoms with Gasteiger partial charge in [0.2, 0.25) is 0 Å². The molecule has 20 heavy (non-hydrogen) atoms. The first-order valence-electron chi connectivity index (χ1n) is 6.99. The molecule has 0 aliphatic heterocycles. The SMILES string of the molecule is CCNC(C)c1ccc(SCc2c(C)noc2C)cc1. The molecule has 108 valence electrons. The van der Waals surface area contributed by atoms with Gasteiger partial charge >= 0.3 is 0 Å². The molecule has 2 rings (SSSR count). The molecular formula is C16H22N2OS. The van der Waals surface area contributed by atoms with E-state index in [1.165, 1.54) is 16.0 Å². The van der Waals surface area contributed by atoms with Crippen molar-refractivity contribution in [3.8, 4) is 0 Å². The van der Waals surface area contributed by atoms with Crippen LogP contribution in [-0.2, 0) is 5.75 Å². The maximum absolute atomic E-state index is 5.19. The Labute approximate surface area is 125 Å². The quantitative estimate of drug-likeness (QED) is 0.807. The van der Waals surface area contributed by atoms with E-state index in [2.05, 4.69) is 48.6 Å². The summed E-state index contributed by atoms with van der Waals surface area (Å²) >= 11 is 1.82. The standard InChI is InChI=1S/C16H22N2OS/c1-5-17-11(2)14-6-8-15(9-7-14)20-10-16-12(3)18-19-13(16)4/h6-9,11,17H,5,10H2,1-4H3. The lowest BCUT2D eigenvalue weighted by molar-refractivity contribution is 0.392. The van der Waals surface area contributed by atoms with Gasteiger partial charge in [-0.05, 0) is 45.0 Å². The van der Waals surface area contributed by atoms with Gasteiger partial charge in [0.1, 0.15) is 5.76 Å². The molecule has 0 aliphatic carbocycles. The second-order valence-corrected chi connectivity index (χ2v) is 5.99. The Balaban J connectivity index is 1.97. The van der Waals surface area contributed by atoms with Gasteiger partial charge in [-0.1, -0.05) is 24.2 Å². The lowest BCUT2D eigenvalue weighted by Gasteiger charge is -2.13. The highest BCUT2D eigenvalue weighted by molar-refractivity contribution is 7.98. The Bertz CT molecular complexity index is 529. The van der Waals surface area contributed by atoms with Crippen molar-refractivity contribution in [3.63, 3.8) is 0 Å². The summed E-state index contributed by atoms with van der Waals surface area (Å²) in [6.45, 7) is 9.27. The number of hydrogen-bond donors (Lipinski definition) is 1. The van der Waals surface area contributed by atoms with Gasteiger partial charge in [0.05, 0.1) is 5.69 Å². The maximum atomic E-state index is 5.19. The highest BCUT2D eigenvalue weighted by atomic mass is 32.2. The van der Waals surface area contributed by atoms with Gasteiger partial charge in [-0.25, -0.2) is 0 Å². The number of hydrogen-bond acceptors (Lipinski definition) is 4. The lowest BCUT2D eigenvalue weighted by Crippen LogP contribution is -2.17. The van der Waals surface area contributed by atoms with Gasteiger partial charge in [-0.2, -0.15) is 0 Å². The van der Waals surface area contributed by atoms with Crippen LogP contribution in [0.5, 0.6) is 0 Å². The van der Waals surface area contributed by atoms with E-state index < -0.39 is 0 Å². The zero-order valence-corrected chi connectivity index (χ0v) is 13.4. The van der Waals surface area contributed by atoms with Gasteiger partial charge in [0.25, 0.3) is 0 Å². The van der Waals surface area contributed by atoms with Crippen molar-refractivity contribution < 1.29 is 4.52 Å². The molecule has 1 unspecified atom stereocenters. The molecule has 0 amide bonds. The molecule has 0 bridgehead atoms. The van der Waals surface area contributed by atoms with E-state index in [-0.39, 0.29) is 0 Å². The highest BCUT2D eigenvalue weighted by Gasteiger charge is 2.09. The Kier molecular flexibility index (Phi) is 5.26. The first-order chi connectivity index (χ1) is 9.61. The van der Waals surface area contributed by atoms with E-state index in [0.29, 0.717) is 6.04 Å². The number of aromatic nitrogens is 1. The average molecular weight is 290 g/mol. The van der Waals surface area contributed by atoms with Crippen LogP contribution >= 0.6 is 11.8 Å². The molecule has 0 spiro atoms. The number of rotatable bonds is 6. The highest BCUT2D eigenvalue weighted by Crippen LogP contribution is 2.27. The second kappa shape index (κ2) is 6.95. The summed E-state index contributed by atoms with van der Waals surface area (Å²) in [5.41, 5.74) is 3.53. The number of benzene rings is 1. The van der Waals surface area contributed by atoms with Crippen LogP contribution in [0.3, 0.4) is 0 Å². The molecule has 0 fully saturated rings. The Morgan fingerprint density at radius 2 is 1.95 bits per heavy atom. The second-order valence-electron chi connectivity index (χ2n) is 4.94. The van der Waals surface area contributed by atoms with Crippen LogP contribution in [0.15, 0.2) is 33.7 Å². The summed E-state index contributed by atoms with van der Waals surface area (Å²) in [4.78, 5) is 1.28. The Morgan fingerprint density at radius 3 is 2.50 bits per heavy atom. The monoisotopic (exact) mass is 290 g/mol. The van der Waals surface area contributed by atoms with Crippen LogP contribution in [-0.4, -0.2) is 11.7 Å². The molecular weight excluding hydrogens is 268 g/mol. The van der Waals surface area contributed by atoms with Crippen LogP contribution in [0.4, 0.5) is 0 Å². The zero-order chi connectivity index (χ0) is 14.5. The van der Waals surface area contributed by atoms with E-state index in [1.54, 1.807) is 0 Å². The van der Waals surface area contributed by atoms with Crippen LogP contribution < -0.4 is 5.32 Å². The minimum Gasteiger partial charge on any atom is -0.361 e. The summed E-state index contributed by atoms with van der Waals surface area (Å²) in [7, 11) is 0. The summed E-state index contributed by atoms with van der Waals surface area (Å²) in [6, 6.07) is 9.17. The van der Waals surface area contributed by atoms with Crippen LogP contribution in [0, 0.1) is 13.8 Å². The lowest BCUT2D eigenvalue weighted by atomic mass is 10.1. The van der Waals surface area contributed by atoms with Crippen LogP contribution in [0.2, 0.25) is 0 Å². The van der Waals surface area contributed by atoms with Gasteiger partial charge < -0.3 is 9.84 Å². The third-order valence-electron chi connectivity index (χ3n) is 3.45. The largest absolute Gasteiger partial charge is 0.361 e. The molecule has 0 saturated heterocycles. The van der Waals surface area contributed by atoms with Crippen molar-refractivity contribution in [2.75, 3.05) is 6.54 Å². The van der Waals surface area contributed by atoms with Crippen molar-refractivity contribution in [1.29, 1.82) is 0 Å². The molecule has 1 heterocycles. The molecule has 1 aromatic carbocycles. The van der Waals surface area contributed by atoms with Crippen molar-refractivity contribution in [2.45, 2.75) is 44.4 Å². The minimum absolute atomic E-state index is 0.404. The predicted molar refractivity (Wildman–Crippen MR) is 84.1 cm³/mol. The minimum atomic E-state index is 0.404. The van der Waals surface area contributed by atoms with E-state index in [4.69, 9.17) is 4.52 Å². The van der Waals surface area contributed by atoms with Gasteiger partial charge in [-0.3, -0.25) is 0 Å². The molecule has 1 aromatic heterocycles. The molecule has 0 radical (unpaired) electrons.